The average Bonchev–Trinajstić information content (AvgIpc) is 2.48. The fourth-order valence-electron chi connectivity index (χ4n) is 3.59. The fourth-order valence-corrected chi connectivity index (χ4v) is 3.59. The summed E-state index contributed by atoms with van der Waals surface area (Å²) >= 11 is 0. The third-order valence-electron chi connectivity index (χ3n) is 4.73. The molecule has 0 bridgehead atoms. The van der Waals surface area contributed by atoms with Gasteiger partial charge in [-0.2, -0.15) is 0 Å². The van der Waals surface area contributed by atoms with Crippen molar-refractivity contribution in [3.63, 3.8) is 0 Å². The second kappa shape index (κ2) is 7.64. The van der Waals surface area contributed by atoms with Gasteiger partial charge in [-0.1, -0.05) is 0 Å². The van der Waals surface area contributed by atoms with Gasteiger partial charge in [0, 0.05) is 31.7 Å². The van der Waals surface area contributed by atoms with E-state index in [4.69, 9.17) is 4.74 Å². The van der Waals surface area contributed by atoms with E-state index >= 15 is 0 Å². The Morgan fingerprint density at radius 1 is 1.18 bits per heavy atom. The molecule has 0 unspecified atom stereocenters. The summed E-state index contributed by atoms with van der Waals surface area (Å²) < 4.78 is 5.55. The van der Waals surface area contributed by atoms with Gasteiger partial charge in [-0.15, -0.1) is 0 Å². The number of hydrogen-bond acceptors (Lipinski definition) is 4. The van der Waals surface area contributed by atoms with E-state index in [0.717, 1.165) is 51.6 Å². The van der Waals surface area contributed by atoms with Crippen LogP contribution in [-0.4, -0.2) is 66.3 Å². The molecular weight excluding hydrogens is 278 g/mol. The first-order valence-corrected chi connectivity index (χ1v) is 8.85. The second-order valence-corrected chi connectivity index (χ2v) is 7.51. The number of rotatable bonds is 3. The van der Waals surface area contributed by atoms with E-state index in [1.807, 2.05) is 32.6 Å². The highest BCUT2D eigenvalue weighted by atomic mass is 16.6. The molecule has 2 heterocycles. The maximum atomic E-state index is 12.4. The molecule has 0 saturated carbocycles. The van der Waals surface area contributed by atoms with Crippen LogP contribution in [0.5, 0.6) is 0 Å². The number of nitrogens with one attached hydrogen (secondary N) is 1. The minimum atomic E-state index is -0.416. The van der Waals surface area contributed by atoms with E-state index in [2.05, 4.69) is 10.2 Å². The van der Waals surface area contributed by atoms with Gasteiger partial charge in [0.25, 0.3) is 0 Å². The first kappa shape index (κ1) is 17.5. The van der Waals surface area contributed by atoms with Crippen LogP contribution >= 0.6 is 0 Å². The number of piperidine rings is 2. The number of nitrogens with zero attached hydrogens (tertiary/aromatic N) is 2. The summed E-state index contributed by atoms with van der Waals surface area (Å²) in [4.78, 5) is 16.9. The molecule has 0 radical (unpaired) electrons. The molecule has 2 rings (SSSR count). The standard InChI is InChI=1S/C17H33N3O2/c1-5-20(16(21)22-17(2,3)4)15-8-12-19(13-9-15)14-6-10-18-11-7-14/h14-15,18H,5-13H2,1-4H3. The molecule has 1 N–H and O–H groups in total. The number of hydrogen-bond donors (Lipinski definition) is 1. The quantitative estimate of drug-likeness (QED) is 0.869. The van der Waals surface area contributed by atoms with Crippen LogP contribution in [0.1, 0.15) is 53.4 Å². The van der Waals surface area contributed by atoms with Gasteiger partial charge < -0.3 is 19.9 Å². The summed E-state index contributed by atoms with van der Waals surface area (Å²) in [6.45, 7) is 13.1. The molecule has 0 aromatic rings. The lowest BCUT2D eigenvalue weighted by Gasteiger charge is -2.42. The molecule has 2 fully saturated rings. The topological polar surface area (TPSA) is 44.8 Å². The lowest BCUT2D eigenvalue weighted by molar-refractivity contribution is 0.00629. The van der Waals surface area contributed by atoms with Crippen molar-refractivity contribution in [2.75, 3.05) is 32.7 Å². The fraction of sp³-hybridized carbons (Fsp3) is 0.941. The molecule has 2 aliphatic heterocycles. The third kappa shape index (κ3) is 4.85. The van der Waals surface area contributed by atoms with Gasteiger partial charge in [-0.25, -0.2) is 4.79 Å². The number of carbonyl (C=O) groups is 1. The van der Waals surface area contributed by atoms with Crippen molar-refractivity contribution in [2.24, 2.45) is 0 Å². The highest BCUT2D eigenvalue weighted by molar-refractivity contribution is 5.68. The molecule has 5 nitrogen and oxygen atoms in total. The Labute approximate surface area is 135 Å². The summed E-state index contributed by atoms with van der Waals surface area (Å²) in [5.41, 5.74) is -0.416. The van der Waals surface area contributed by atoms with Crippen LogP contribution in [-0.2, 0) is 4.74 Å². The Kier molecular flexibility index (Phi) is 6.09. The number of amides is 1. The normalized spacial score (nSPS) is 22.5. The predicted molar refractivity (Wildman–Crippen MR) is 89.1 cm³/mol. The lowest BCUT2D eigenvalue weighted by Crippen LogP contribution is -2.52. The molecule has 0 atom stereocenters. The monoisotopic (exact) mass is 311 g/mol. The summed E-state index contributed by atoms with van der Waals surface area (Å²) in [6.07, 6.45) is 4.49. The van der Waals surface area contributed by atoms with Crippen LogP contribution in [0.15, 0.2) is 0 Å². The first-order valence-electron chi connectivity index (χ1n) is 8.85. The Morgan fingerprint density at radius 3 is 2.27 bits per heavy atom. The minimum absolute atomic E-state index is 0.157. The number of carbonyl (C=O) groups excluding carboxylic acids is 1. The van der Waals surface area contributed by atoms with E-state index in [1.165, 1.54) is 12.8 Å². The second-order valence-electron chi connectivity index (χ2n) is 7.51. The number of ether oxygens (including phenoxy) is 1. The van der Waals surface area contributed by atoms with Crippen molar-refractivity contribution in [3.05, 3.63) is 0 Å². The molecule has 5 heteroatoms. The largest absolute Gasteiger partial charge is 0.444 e. The maximum absolute atomic E-state index is 12.4. The van der Waals surface area contributed by atoms with E-state index < -0.39 is 5.60 Å². The number of likely N-dealkylation sites (tertiary alicyclic amines) is 1. The Hall–Kier alpha value is -0.810. The van der Waals surface area contributed by atoms with Gasteiger partial charge in [0.1, 0.15) is 5.60 Å². The van der Waals surface area contributed by atoms with Gasteiger partial charge >= 0.3 is 6.09 Å². The summed E-state index contributed by atoms with van der Waals surface area (Å²) in [6, 6.07) is 1.07. The van der Waals surface area contributed by atoms with Gasteiger partial charge in [-0.3, -0.25) is 0 Å². The molecule has 2 saturated heterocycles. The molecule has 22 heavy (non-hydrogen) atoms. The zero-order valence-corrected chi connectivity index (χ0v) is 14.7. The summed E-state index contributed by atoms with van der Waals surface area (Å²) in [5, 5.41) is 3.43. The highest BCUT2D eigenvalue weighted by Gasteiger charge is 2.32. The van der Waals surface area contributed by atoms with Crippen molar-refractivity contribution in [1.82, 2.24) is 15.1 Å². The van der Waals surface area contributed by atoms with Crippen LogP contribution in [0, 0.1) is 0 Å². The van der Waals surface area contributed by atoms with Crippen molar-refractivity contribution in [1.29, 1.82) is 0 Å². The van der Waals surface area contributed by atoms with Crippen LogP contribution in [0.4, 0.5) is 4.79 Å². The van der Waals surface area contributed by atoms with E-state index in [9.17, 15) is 4.79 Å². The van der Waals surface area contributed by atoms with E-state index in [1.54, 1.807) is 0 Å². The van der Waals surface area contributed by atoms with Crippen molar-refractivity contribution in [2.45, 2.75) is 71.1 Å². The highest BCUT2D eigenvalue weighted by Crippen LogP contribution is 2.23. The van der Waals surface area contributed by atoms with Crippen LogP contribution < -0.4 is 5.32 Å². The first-order chi connectivity index (χ1) is 10.4. The molecule has 128 valence electrons. The van der Waals surface area contributed by atoms with Gasteiger partial charge in [-0.05, 0) is 66.5 Å². The minimum Gasteiger partial charge on any atom is -0.444 e. The third-order valence-corrected chi connectivity index (χ3v) is 4.73. The van der Waals surface area contributed by atoms with Gasteiger partial charge in [0.05, 0.1) is 0 Å². The SMILES string of the molecule is CCN(C(=O)OC(C)(C)C)C1CCN(C2CCNCC2)CC1. The maximum Gasteiger partial charge on any atom is 0.410 e. The van der Waals surface area contributed by atoms with Crippen molar-refractivity contribution in [3.8, 4) is 0 Å². The lowest BCUT2D eigenvalue weighted by atomic mass is 9.98. The van der Waals surface area contributed by atoms with E-state index in [-0.39, 0.29) is 6.09 Å². The molecule has 0 aliphatic carbocycles. The van der Waals surface area contributed by atoms with Gasteiger partial charge in [0.2, 0.25) is 0 Å². The molecule has 0 aromatic carbocycles. The molecule has 2 aliphatic rings. The summed E-state index contributed by atoms with van der Waals surface area (Å²) in [5.74, 6) is 0. The van der Waals surface area contributed by atoms with Crippen molar-refractivity contribution >= 4 is 6.09 Å². The predicted octanol–water partition coefficient (Wildman–Crippen LogP) is 2.46. The Bertz CT molecular complexity index is 353. The summed E-state index contributed by atoms with van der Waals surface area (Å²) in [7, 11) is 0. The average molecular weight is 311 g/mol. The van der Waals surface area contributed by atoms with E-state index in [0.29, 0.717) is 6.04 Å². The van der Waals surface area contributed by atoms with Crippen LogP contribution in [0.3, 0.4) is 0 Å². The zero-order chi connectivity index (χ0) is 16.2. The Balaban J connectivity index is 1.84. The zero-order valence-electron chi connectivity index (χ0n) is 14.7. The molecule has 0 spiro atoms. The van der Waals surface area contributed by atoms with Gasteiger partial charge in [0.15, 0.2) is 0 Å². The molecular formula is C17H33N3O2. The van der Waals surface area contributed by atoms with Crippen LogP contribution in [0.25, 0.3) is 0 Å². The molecule has 1 amide bonds. The van der Waals surface area contributed by atoms with Crippen LogP contribution in [0.2, 0.25) is 0 Å². The van der Waals surface area contributed by atoms with Crippen molar-refractivity contribution < 1.29 is 9.53 Å². The Morgan fingerprint density at radius 2 is 1.77 bits per heavy atom. The molecule has 0 aromatic heterocycles. The smallest absolute Gasteiger partial charge is 0.410 e.